The number of nitrogens with one attached hydrogen (secondary N) is 1. The number of rotatable bonds is 4. The van der Waals surface area contributed by atoms with Crippen LogP contribution in [0.3, 0.4) is 0 Å². The summed E-state index contributed by atoms with van der Waals surface area (Å²) in [5, 5.41) is 14.4. The van der Waals surface area contributed by atoms with Gasteiger partial charge < -0.3 is 5.32 Å². The highest BCUT2D eigenvalue weighted by Crippen LogP contribution is 2.30. The van der Waals surface area contributed by atoms with Gasteiger partial charge in [0.25, 0.3) is 5.69 Å². The van der Waals surface area contributed by atoms with Gasteiger partial charge >= 0.3 is 0 Å². The van der Waals surface area contributed by atoms with E-state index < -0.39 is 4.92 Å². The Morgan fingerprint density at radius 3 is 2.85 bits per heavy atom. The predicted octanol–water partition coefficient (Wildman–Crippen LogP) is 4.65. The van der Waals surface area contributed by atoms with Crippen LogP contribution in [0.25, 0.3) is 0 Å². The van der Waals surface area contributed by atoms with E-state index in [2.05, 4.69) is 25.2 Å². The Bertz CT molecular complexity index is 543. The molecule has 2 atom stereocenters. The quantitative estimate of drug-likeness (QED) is 0.499. The second kappa shape index (κ2) is 6.27. The maximum atomic E-state index is 10.7. The van der Waals surface area contributed by atoms with Gasteiger partial charge in [-0.1, -0.05) is 30.2 Å². The summed E-state index contributed by atoms with van der Waals surface area (Å²) in [6, 6.07) is 4.54. The highest BCUT2D eigenvalue weighted by molar-refractivity contribution is 6.33. The van der Waals surface area contributed by atoms with E-state index in [1.807, 2.05) is 0 Å². The first-order chi connectivity index (χ1) is 9.45. The lowest BCUT2D eigenvalue weighted by atomic mass is 9.84. The monoisotopic (exact) mass is 294 g/mol. The molecule has 5 heteroatoms. The van der Waals surface area contributed by atoms with Gasteiger partial charge in [0.1, 0.15) is 0 Å². The topological polar surface area (TPSA) is 55.2 Å². The smallest absolute Gasteiger partial charge is 0.271 e. The van der Waals surface area contributed by atoms with Crippen LogP contribution in [0.2, 0.25) is 5.02 Å². The number of anilines is 1. The lowest BCUT2D eigenvalue weighted by Crippen LogP contribution is -2.20. The van der Waals surface area contributed by atoms with Gasteiger partial charge in [0, 0.05) is 18.7 Å². The van der Waals surface area contributed by atoms with Crippen LogP contribution in [-0.4, -0.2) is 11.5 Å². The molecule has 1 N–H and O–H groups in total. The number of nitro groups is 1. The molecule has 0 saturated heterocycles. The minimum atomic E-state index is -0.438. The van der Waals surface area contributed by atoms with Crippen LogP contribution in [0.15, 0.2) is 29.8 Å². The average molecular weight is 295 g/mol. The summed E-state index contributed by atoms with van der Waals surface area (Å²) in [5.41, 5.74) is 2.22. The SMILES string of the molecule is CC1=CC(C)CC(CNc2ccc([N+](=O)[O-])cc2Cl)C1. The Morgan fingerprint density at radius 2 is 2.25 bits per heavy atom. The molecule has 0 spiro atoms. The Balaban J connectivity index is 1.98. The van der Waals surface area contributed by atoms with Gasteiger partial charge in [-0.3, -0.25) is 10.1 Å². The molecule has 0 heterocycles. The highest BCUT2D eigenvalue weighted by atomic mass is 35.5. The van der Waals surface area contributed by atoms with Crippen LogP contribution in [0.4, 0.5) is 11.4 Å². The van der Waals surface area contributed by atoms with Crippen molar-refractivity contribution in [1.29, 1.82) is 0 Å². The zero-order valence-corrected chi connectivity index (χ0v) is 12.5. The molecule has 0 amide bonds. The van der Waals surface area contributed by atoms with E-state index in [4.69, 9.17) is 11.6 Å². The summed E-state index contributed by atoms with van der Waals surface area (Å²) in [6.45, 7) is 5.24. The molecule has 1 aliphatic carbocycles. The number of benzene rings is 1. The fraction of sp³-hybridized carbons (Fsp3) is 0.467. The van der Waals surface area contributed by atoms with Gasteiger partial charge in [0.2, 0.25) is 0 Å². The molecule has 0 bridgehead atoms. The van der Waals surface area contributed by atoms with E-state index >= 15 is 0 Å². The highest BCUT2D eigenvalue weighted by Gasteiger charge is 2.18. The van der Waals surface area contributed by atoms with Crippen molar-refractivity contribution in [2.24, 2.45) is 11.8 Å². The third kappa shape index (κ3) is 3.73. The predicted molar refractivity (Wildman–Crippen MR) is 82.2 cm³/mol. The minimum absolute atomic E-state index is 0.0191. The second-order valence-electron chi connectivity index (χ2n) is 5.60. The summed E-state index contributed by atoms with van der Waals surface area (Å²) in [5.74, 6) is 1.20. The molecule has 1 aromatic rings. The van der Waals surface area contributed by atoms with Crippen molar-refractivity contribution in [3.63, 3.8) is 0 Å². The maximum Gasteiger partial charge on any atom is 0.271 e. The number of nitro benzene ring substituents is 1. The molecule has 2 unspecified atom stereocenters. The van der Waals surface area contributed by atoms with E-state index in [1.54, 1.807) is 6.07 Å². The molecule has 1 aliphatic rings. The standard InChI is InChI=1S/C15H19ClN2O2/c1-10-5-11(2)7-12(6-10)9-17-15-4-3-13(18(19)20)8-14(15)16/h3-5,8,10,12,17H,6-7,9H2,1-2H3. The zero-order chi connectivity index (χ0) is 14.7. The summed E-state index contributed by atoms with van der Waals surface area (Å²) in [4.78, 5) is 10.2. The van der Waals surface area contributed by atoms with Crippen LogP contribution >= 0.6 is 11.6 Å². The van der Waals surface area contributed by atoms with Crippen molar-refractivity contribution >= 4 is 23.0 Å². The third-order valence-corrected chi connectivity index (χ3v) is 3.94. The first-order valence-electron chi connectivity index (χ1n) is 6.81. The number of nitrogens with zero attached hydrogens (tertiary/aromatic N) is 1. The van der Waals surface area contributed by atoms with E-state index in [9.17, 15) is 10.1 Å². The summed E-state index contributed by atoms with van der Waals surface area (Å²) in [6.07, 6.45) is 4.59. The molecule has 0 fully saturated rings. The fourth-order valence-electron chi connectivity index (χ4n) is 2.86. The van der Waals surface area contributed by atoms with Crippen molar-refractivity contribution in [3.8, 4) is 0 Å². The van der Waals surface area contributed by atoms with Crippen molar-refractivity contribution in [1.82, 2.24) is 0 Å². The molecule has 2 rings (SSSR count). The van der Waals surface area contributed by atoms with Crippen LogP contribution in [0.5, 0.6) is 0 Å². The van der Waals surface area contributed by atoms with Crippen molar-refractivity contribution in [3.05, 3.63) is 45.0 Å². The Labute approximate surface area is 124 Å². The zero-order valence-electron chi connectivity index (χ0n) is 11.7. The van der Waals surface area contributed by atoms with Gasteiger partial charge in [-0.2, -0.15) is 0 Å². The number of hydrogen-bond donors (Lipinski definition) is 1. The van der Waals surface area contributed by atoms with E-state index in [0.29, 0.717) is 16.9 Å². The lowest BCUT2D eigenvalue weighted by Gasteiger charge is -2.26. The van der Waals surface area contributed by atoms with Crippen molar-refractivity contribution in [2.75, 3.05) is 11.9 Å². The van der Waals surface area contributed by atoms with Crippen molar-refractivity contribution < 1.29 is 4.92 Å². The van der Waals surface area contributed by atoms with E-state index in [1.165, 1.54) is 17.7 Å². The molecule has 0 saturated carbocycles. The molecular formula is C15H19ClN2O2. The molecule has 20 heavy (non-hydrogen) atoms. The normalized spacial score (nSPS) is 22.2. The number of hydrogen-bond acceptors (Lipinski definition) is 3. The average Bonchev–Trinajstić information content (AvgIpc) is 2.36. The largest absolute Gasteiger partial charge is 0.384 e. The summed E-state index contributed by atoms with van der Waals surface area (Å²) < 4.78 is 0. The van der Waals surface area contributed by atoms with Crippen LogP contribution in [-0.2, 0) is 0 Å². The Kier molecular flexibility index (Phi) is 4.65. The molecule has 0 radical (unpaired) electrons. The summed E-state index contributed by atoms with van der Waals surface area (Å²) >= 11 is 6.07. The molecule has 1 aromatic carbocycles. The molecule has 0 aromatic heterocycles. The van der Waals surface area contributed by atoms with Gasteiger partial charge in [0.05, 0.1) is 15.6 Å². The second-order valence-corrected chi connectivity index (χ2v) is 6.01. The Hall–Kier alpha value is -1.55. The number of halogens is 1. The molecule has 108 valence electrons. The van der Waals surface area contributed by atoms with Crippen LogP contribution < -0.4 is 5.32 Å². The molecule has 4 nitrogen and oxygen atoms in total. The first-order valence-corrected chi connectivity index (χ1v) is 7.18. The summed E-state index contributed by atoms with van der Waals surface area (Å²) in [7, 11) is 0. The number of non-ortho nitro benzene ring substituents is 1. The first kappa shape index (κ1) is 14.9. The molecular weight excluding hydrogens is 276 g/mol. The fourth-order valence-corrected chi connectivity index (χ4v) is 3.10. The van der Waals surface area contributed by atoms with Gasteiger partial charge in [-0.25, -0.2) is 0 Å². The molecule has 0 aliphatic heterocycles. The van der Waals surface area contributed by atoms with Gasteiger partial charge in [0.15, 0.2) is 0 Å². The van der Waals surface area contributed by atoms with Gasteiger partial charge in [-0.05, 0) is 37.7 Å². The Morgan fingerprint density at radius 1 is 1.50 bits per heavy atom. The number of allylic oxidation sites excluding steroid dienone is 2. The minimum Gasteiger partial charge on any atom is -0.384 e. The van der Waals surface area contributed by atoms with Crippen LogP contribution in [0, 0.1) is 22.0 Å². The van der Waals surface area contributed by atoms with Crippen molar-refractivity contribution in [2.45, 2.75) is 26.7 Å². The lowest BCUT2D eigenvalue weighted by molar-refractivity contribution is -0.384. The van der Waals surface area contributed by atoms with Gasteiger partial charge in [-0.15, -0.1) is 0 Å². The van der Waals surface area contributed by atoms with E-state index in [-0.39, 0.29) is 5.69 Å². The maximum absolute atomic E-state index is 10.7. The third-order valence-electron chi connectivity index (χ3n) is 3.63. The van der Waals surface area contributed by atoms with Crippen LogP contribution in [0.1, 0.15) is 26.7 Å². The van der Waals surface area contributed by atoms with E-state index in [0.717, 1.165) is 25.1 Å².